The van der Waals surface area contributed by atoms with Crippen molar-refractivity contribution < 1.29 is 9.59 Å². The molecule has 0 aliphatic carbocycles. The van der Waals surface area contributed by atoms with Gasteiger partial charge in [-0.1, -0.05) is 68.4 Å². The number of nitrogens with one attached hydrogen (secondary N) is 2. The van der Waals surface area contributed by atoms with Gasteiger partial charge in [0.25, 0.3) is 0 Å². The highest BCUT2D eigenvalue weighted by atomic mass is 16.2. The van der Waals surface area contributed by atoms with E-state index in [0.29, 0.717) is 12.5 Å². The first-order chi connectivity index (χ1) is 12.5. The van der Waals surface area contributed by atoms with Crippen molar-refractivity contribution in [3.8, 4) is 0 Å². The Labute approximate surface area is 154 Å². The molecule has 2 aromatic rings. The number of rotatable bonds is 8. The Hall–Kier alpha value is -2.95. The number of benzene rings is 2. The molecule has 0 heterocycles. The van der Waals surface area contributed by atoms with Crippen LogP contribution in [0.1, 0.15) is 49.3 Å². The molecule has 26 heavy (non-hydrogen) atoms. The lowest BCUT2D eigenvalue weighted by Crippen LogP contribution is -2.25. The van der Waals surface area contributed by atoms with E-state index in [1.807, 2.05) is 54.6 Å². The predicted octanol–water partition coefficient (Wildman–Crippen LogP) is 3.36. The second-order valence-corrected chi connectivity index (χ2v) is 6.38. The average molecular weight is 351 g/mol. The summed E-state index contributed by atoms with van der Waals surface area (Å²) in [6, 6.07) is 17.7. The van der Waals surface area contributed by atoms with Crippen LogP contribution in [0, 0.1) is 0 Å². The molecule has 2 aromatic carbocycles. The van der Waals surface area contributed by atoms with Gasteiger partial charge in [0.05, 0.1) is 6.21 Å². The minimum Gasteiger partial charge on any atom is -0.352 e. The molecular weight excluding hydrogens is 326 g/mol. The van der Waals surface area contributed by atoms with Crippen LogP contribution in [-0.4, -0.2) is 18.0 Å². The third kappa shape index (κ3) is 6.89. The van der Waals surface area contributed by atoms with Crippen LogP contribution < -0.4 is 10.7 Å². The minimum absolute atomic E-state index is 0.101. The van der Waals surface area contributed by atoms with Crippen molar-refractivity contribution in [2.75, 3.05) is 0 Å². The van der Waals surface area contributed by atoms with Crippen LogP contribution in [0.5, 0.6) is 0 Å². The van der Waals surface area contributed by atoms with Crippen LogP contribution in [0.3, 0.4) is 0 Å². The fraction of sp³-hybridized carbons (Fsp3) is 0.286. The summed E-state index contributed by atoms with van der Waals surface area (Å²) in [6.45, 7) is 4.74. The first-order valence-electron chi connectivity index (χ1n) is 8.77. The van der Waals surface area contributed by atoms with Crippen molar-refractivity contribution in [1.29, 1.82) is 0 Å². The van der Waals surface area contributed by atoms with E-state index in [1.54, 1.807) is 6.21 Å². The van der Waals surface area contributed by atoms with Crippen molar-refractivity contribution >= 4 is 18.0 Å². The average Bonchev–Trinajstić information content (AvgIpc) is 2.66. The van der Waals surface area contributed by atoms with E-state index in [0.717, 1.165) is 11.1 Å². The van der Waals surface area contributed by atoms with E-state index in [4.69, 9.17) is 0 Å². The Bertz CT molecular complexity index is 738. The highest BCUT2D eigenvalue weighted by molar-refractivity contribution is 5.85. The molecule has 5 nitrogen and oxygen atoms in total. The van der Waals surface area contributed by atoms with Crippen molar-refractivity contribution in [2.45, 2.75) is 39.2 Å². The maximum atomic E-state index is 11.8. The summed E-state index contributed by atoms with van der Waals surface area (Å²) in [7, 11) is 0. The molecule has 0 fully saturated rings. The third-order valence-electron chi connectivity index (χ3n) is 3.92. The highest BCUT2D eigenvalue weighted by Gasteiger charge is 2.06. The second kappa shape index (κ2) is 10.1. The Balaban J connectivity index is 1.67. The number of carbonyl (C=O) groups excluding carboxylic acids is 2. The number of hydrogen-bond donors (Lipinski definition) is 2. The van der Waals surface area contributed by atoms with E-state index >= 15 is 0 Å². The van der Waals surface area contributed by atoms with Gasteiger partial charge in [0, 0.05) is 19.4 Å². The molecular formula is C21H25N3O2. The van der Waals surface area contributed by atoms with Crippen LogP contribution in [0.15, 0.2) is 59.7 Å². The third-order valence-corrected chi connectivity index (χ3v) is 3.92. The van der Waals surface area contributed by atoms with Gasteiger partial charge in [-0.2, -0.15) is 5.10 Å². The molecule has 2 rings (SSSR count). The topological polar surface area (TPSA) is 70.6 Å². The molecule has 0 saturated carbocycles. The largest absolute Gasteiger partial charge is 0.352 e. The lowest BCUT2D eigenvalue weighted by Gasteiger charge is -2.05. The van der Waals surface area contributed by atoms with Gasteiger partial charge in [-0.15, -0.1) is 0 Å². The van der Waals surface area contributed by atoms with Crippen LogP contribution in [0.25, 0.3) is 0 Å². The fourth-order valence-corrected chi connectivity index (χ4v) is 2.31. The van der Waals surface area contributed by atoms with Crippen LogP contribution in [-0.2, 0) is 16.1 Å². The monoisotopic (exact) mass is 351 g/mol. The zero-order chi connectivity index (χ0) is 18.8. The number of hydrazone groups is 1. The molecule has 0 unspecified atom stereocenters. The highest BCUT2D eigenvalue weighted by Crippen LogP contribution is 2.13. The van der Waals surface area contributed by atoms with Crippen LogP contribution in [0.4, 0.5) is 0 Å². The molecule has 0 saturated heterocycles. The van der Waals surface area contributed by atoms with Crippen molar-refractivity contribution in [2.24, 2.45) is 5.10 Å². The summed E-state index contributed by atoms with van der Waals surface area (Å²) in [4.78, 5) is 23.5. The molecule has 136 valence electrons. The molecule has 0 aromatic heterocycles. The normalized spacial score (nSPS) is 10.9. The maximum absolute atomic E-state index is 11.8. The van der Waals surface area contributed by atoms with Crippen molar-refractivity contribution in [3.05, 3.63) is 71.3 Å². The van der Waals surface area contributed by atoms with Gasteiger partial charge in [0.2, 0.25) is 11.8 Å². The van der Waals surface area contributed by atoms with Crippen LogP contribution in [0.2, 0.25) is 0 Å². The van der Waals surface area contributed by atoms with Gasteiger partial charge in [0.15, 0.2) is 0 Å². The zero-order valence-electron chi connectivity index (χ0n) is 15.2. The molecule has 0 aliphatic heterocycles. The van der Waals surface area contributed by atoms with Gasteiger partial charge >= 0.3 is 0 Å². The number of amides is 2. The van der Waals surface area contributed by atoms with Gasteiger partial charge < -0.3 is 5.32 Å². The number of hydrogen-bond acceptors (Lipinski definition) is 3. The van der Waals surface area contributed by atoms with Crippen molar-refractivity contribution in [1.82, 2.24) is 10.7 Å². The molecule has 2 amide bonds. The van der Waals surface area contributed by atoms with E-state index in [1.165, 1.54) is 5.56 Å². The fourth-order valence-electron chi connectivity index (χ4n) is 2.31. The van der Waals surface area contributed by atoms with Crippen LogP contribution >= 0.6 is 0 Å². The van der Waals surface area contributed by atoms with Crippen molar-refractivity contribution in [3.63, 3.8) is 0 Å². The van der Waals surface area contributed by atoms with E-state index in [2.05, 4.69) is 29.7 Å². The Morgan fingerprint density at radius 1 is 0.962 bits per heavy atom. The minimum atomic E-state index is -0.282. The van der Waals surface area contributed by atoms with E-state index < -0.39 is 0 Å². The summed E-state index contributed by atoms with van der Waals surface area (Å²) in [5, 5.41) is 6.72. The summed E-state index contributed by atoms with van der Waals surface area (Å²) >= 11 is 0. The predicted molar refractivity (Wildman–Crippen MR) is 104 cm³/mol. The molecule has 0 bridgehead atoms. The molecule has 2 N–H and O–H groups in total. The molecule has 0 aliphatic rings. The van der Waals surface area contributed by atoms with Gasteiger partial charge in [-0.05, 0) is 22.6 Å². The first kappa shape index (κ1) is 19.4. The molecule has 0 atom stereocenters. The summed E-state index contributed by atoms with van der Waals surface area (Å²) < 4.78 is 0. The zero-order valence-corrected chi connectivity index (χ0v) is 15.2. The van der Waals surface area contributed by atoms with E-state index in [9.17, 15) is 9.59 Å². The second-order valence-electron chi connectivity index (χ2n) is 6.38. The quantitative estimate of drug-likeness (QED) is 0.565. The summed E-state index contributed by atoms with van der Waals surface area (Å²) in [5.74, 6) is 0.0425. The Kier molecular flexibility index (Phi) is 7.55. The standard InChI is InChI=1S/C21H25N3O2/c1-16(2)19-10-8-18(9-11-19)15-23-24-21(26)13-12-20(25)22-14-17-6-4-3-5-7-17/h3-11,15-16H,12-14H2,1-2H3,(H,22,25)(H,24,26)/b23-15+. The smallest absolute Gasteiger partial charge is 0.240 e. The first-order valence-corrected chi connectivity index (χ1v) is 8.77. The number of nitrogens with zero attached hydrogens (tertiary/aromatic N) is 1. The SMILES string of the molecule is CC(C)c1ccc(/C=N/NC(=O)CCC(=O)NCc2ccccc2)cc1. The maximum Gasteiger partial charge on any atom is 0.240 e. The molecule has 0 radical (unpaired) electrons. The summed E-state index contributed by atoms with van der Waals surface area (Å²) in [5.41, 5.74) is 5.64. The van der Waals surface area contributed by atoms with Gasteiger partial charge in [-0.3, -0.25) is 9.59 Å². The molecule has 5 heteroatoms. The van der Waals surface area contributed by atoms with E-state index in [-0.39, 0.29) is 24.7 Å². The Morgan fingerprint density at radius 2 is 1.62 bits per heavy atom. The lowest BCUT2D eigenvalue weighted by molar-refractivity contribution is -0.126. The lowest BCUT2D eigenvalue weighted by atomic mass is 10.0. The molecule has 0 spiro atoms. The Morgan fingerprint density at radius 3 is 2.27 bits per heavy atom. The van der Waals surface area contributed by atoms with Gasteiger partial charge in [0.1, 0.15) is 0 Å². The summed E-state index contributed by atoms with van der Waals surface area (Å²) in [6.07, 6.45) is 1.83. The van der Waals surface area contributed by atoms with Gasteiger partial charge in [-0.25, -0.2) is 5.43 Å². The number of carbonyl (C=O) groups is 2.